The van der Waals surface area contributed by atoms with Crippen molar-refractivity contribution in [1.29, 1.82) is 0 Å². The van der Waals surface area contributed by atoms with E-state index in [1.165, 1.54) is 0 Å². The lowest BCUT2D eigenvalue weighted by Crippen LogP contribution is -2.41. The maximum Gasteiger partial charge on any atom is 0.654 e. The molecule has 2 heterocycles. The molecule has 5 heteroatoms. The van der Waals surface area contributed by atoms with Gasteiger partial charge in [-0.3, -0.25) is 0 Å². The van der Waals surface area contributed by atoms with Gasteiger partial charge in [-0.05, 0) is 24.3 Å². The first-order valence-corrected chi connectivity index (χ1v) is 4.63. The zero-order chi connectivity index (χ0) is 10.1. The summed E-state index contributed by atoms with van der Waals surface area (Å²) in [7, 11) is -0.476. The van der Waals surface area contributed by atoms with Gasteiger partial charge in [0.15, 0.2) is 0 Å². The number of rotatable bonds is 1. The standard InChI is InChI=1S/C10H7BN2O2/c1-2-5-9-8(4-1)14-11(15-9)10-6-3-7-12-13-10/h1-7H. The molecule has 4 nitrogen and oxygen atoms in total. The van der Waals surface area contributed by atoms with E-state index in [4.69, 9.17) is 9.31 Å². The van der Waals surface area contributed by atoms with Gasteiger partial charge in [0, 0.05) is 6.20 Å². The van der Waals surface area contributed by atoms with E-state index in [0.29, 0.717) is 5.59 Å². The molecular formula is C10H7BN2O2. The van der Waals surface area contributed by atoms with E-state index < -0.39 is 7.12 Å². The third-order valence-electron chi connectivity index (χ3n) is 2.15. The first-order valence-electron chi connectivity index (χ1n) is 4.63. The molecule has 0 fully saturated rings. The highest BCUT2D eigenvalue weighted by Gasteiger charge is 2.35. The van der Waals surface area contributed by atoms with Crippen LogP contribution in [0.15, 0.2) is 42.6 Å². The van der Waals surface area contributed by atoms with Gasteiger partial charge in [0.05, 0.1) is 0 Å². The van der Waals surface area contributed by atoms with Gasteiger partial charge >= 0.3 is 7.12 Å². The number of hydrogen-bond acceptors (Lipinski definition) is 4. The molecule has 0 saturated carbocycles. The van der Waals surface area contributed by atoms with Gasteiger partial charge in [-0.2, -0.15) is 10.2 Å². The van der Waals surface area contributed by atoms with Crippen LogP contribution in [0.2, 0.25) is 0 Å². The maximum atomic E-state index is 5.57. The van der Waals surface area contributed by atoms with Crippen LogP contribution in [0.25, 0.3) is 0 Å². The molecule has 15 heavy (non-hydrogen) atoms. The average Bonchev–Trinajstić information content (AvgIpc) is 2.74. The van der Waals surface area contributed by atoms with Crippen LogP contribution in [0.1, 0.15) is 0 Å². The van der Waals surface area contributed by atoms with Gasteiger partial charge in [0.2, 0.25) is 0 Å². The maximum absolute atomic E-state index is 5.57. The van der Waals surface area contributed by atoms with Crippen LogP contribution in [-0.2, 0) is 0 Å². The van der Waals surface area contributed by atoms with Gasteiger partial charge < -0.3 is 9.31 Å². The average molecular weight is 198 g/mol. The molecule has 0 N–H and O–H groups in total. The van der Waals surface area contributed by atoms with Crippen molar-refractivity contribution in [1.82, 2.24) is 10.2 Å². The van der Waals surface area contributed by atoms with E-state index in [2.05, 4.69) is 10.2 Å². The Morgan fingerprint density at radius 2 is 1.67 bits per heavy atom. The second kappa shape index (κ2) is 3.27. The predicted molar refractivity (Wildman–Crippen MR) is 55.1 cm³/mol. The highest BCUT2D eigenvalue weighted by Crippen LogP contribution is 2.32. The van der Waals surface area contributed by atoms with Gasteiger partial charge in [-0.25, -0.2) is 0 Å². The van der Waals surface area contributed by atoms with Crippen molar-refractivity contribution >= 4 is 12.7 Å². The molecule has 0 saturated heterocycles. The molecule has 0 spiro atoms. The summed E-state index contributed by atoms with van der Waals surface area (Å²) in [5.41, 5.74) is 0.675. The molecule has 1 aliphatic heterocycles. The van der Waals surface area contributed by atoms with E-state index in [9.17, 15) is 0 Å². The lowest BCUT2D eigenvalue weighted by Gasteiger charge is -2.01. The number of benzene rings is 1. The Labute approximate surface area is 87.0 Å². The van der Waals surface area contributed by atoms with Crippen LogP contribution in [-0.4, -0.2) is 17.3 Å². The molecule has 0 aliphatic carbocycles. The summed E-state index contributed by atoms with van der Waals surface area (Å²) < 4.78 is 11.1. The molecular weight excluding hydrogens is 191 g/mol. The van der Waals surface area contributed by atoms with Crippen molar-refractivity contribution in [2.24, 2.45) is 0 Å². The summed E-state index contributed by atoms with van der Waals surface area (Å²) in [6, 6.07) is 11.2. The Kier molecular flexibility index (Phi) is 1.81. The first kappa shape index (κ1) is 8.29. The van der Waals surface area contributed by atoms with E-state index in [1.807, 2.05) is 30.3 Å². The number of aromatic nitrogens is 2. The lowest BCUT2D eigenvalue weighted by atomic mass is 9.85. The zero-order valence-corrected chi connectivity index (χ0v) is 7.83. The summed E-state index contributed by atoms with van der Waals surface area (Å²) in [4.78, 5) is 0. The Bertz CT molecular complexity index is 453. The van der Waals surface area contributed by atoms with Crippen LogP contribution in [0, 0.1) is 0 Å². The van der Waals surface area contributed by atoms with Crippen molar-refractivity contribution in [3.63, 3.8) is 0 Å². The molecule has 0 atom stereocenters. The molecule has 0 unspecified atom stereocenters. The van der Waals surface area contributed by atoms with Gasteiger partial charge in [0.25, 0.3) is 0 Å². The van der Waals surface area contributed by atoms with Crippen LogP contribution in [0.3, 0.4) is 0 Å². The van der Waals surface area contributed by atoms with Crippen molar-refractivity contribution in [3.8, 4) is 11.5 Å². The minimum absolute atomic E-state index is 0.476. The fraction of sp³-hybridized carbons (Fsp3) is 0. The second-order valence-corrected chi connectivity index (χ2v) is 3.16. The molecule has 0 amide bonds. The monoisotopic (exact) mass is 198 g/mol. The van der Waals surface area contributed by atoms with E-state index in [0.717, 1.165) is 11.5 Å². The van der Waals surface area contributed by atoms with E-state index >= 15 is 0 Å². The third-order valence-corrected chi connectivity index (χ3v) is 2.15. The Hall–Kier alpha value is -2.04. The van der Waals surface area contributed by atoms with Crippen molar-refractivity contribution in [3.05, 3.63) is 42.6 Å². The highest BCUT2D eigenvalue weighted by atomic mass is 16.6. The van der Waals surface area contributed by atoms with Crippen molar-refractivity contribution < 1.29 is 9.31 Å². The molecule has 1 aromatic carbocycles. The zero-order valence-electron chi connectivity index (χ0n) is 7.83. The summed E-state index contributed by atoms with van der Waals surface area (Å²) in [5, 5.41) is 7.73. The summed E-state index contributed by atoms with van der Waals surface area (Å²) >= 11 is 0. The topological polar surface area (TPSA) is 44.2 Å². The SMILES string of the molecule is c1cnnc(B2Oc3ccccc3O2)c1. The molecule has 2 aromatic rings. The highest BCUT2D eigenvalue weighted by molar-refractivity contribution is 6.62. The minimum atomic E-state index is -0.476. The summed E-state index contributed by atoms with van der Waals surface area (Å²) in [6.45, 7) is 0. The van der Waals surface area contributed by atoms with Gasteiger partial charge in [-0.15, -0.1) is 0 Å². The molecule has 1 aliphatic rings. The first-order chi connectivity index (χ1) is 7.43. The van der Waals surface area contributed by atoms with Gasteiger partial charge in [0.1, 0.15) is 17.1 Å². The van der Waals surface area contributed by atoms with Crippen molar-refractivity contribution in [2.75, 3.05) is 0 Å². The predicted octanol–water partition coefficient (Wildman–Crippen LogP) is 0.643. The largest absolute Gasteiger partial charge is 0.654 e. The minimum Gasteiger partial charge on any atom is -0.518 e. The Balaban J connectivity index is 1.91. The lowest BCUT2D eigenvalue weighted by molar-refractivity contribution is 0.516. The van der Waals surface area contributed by atoms with E-state index in [1.54, 1.807) is 12.3 Å². The second-order valence-electron chi connectivity index (χ2n) is 3.16. The molecule has 3 rings (SSSR count). The fourth-order valence-electron chi connectivity index (χ4n) is 1.46. The van der Waals surface area contributed by atoms with E-state index in [-0.39, 0.29) is 0 Å². The number of nitrogens with zero attached hydrogens (tertiary/aromatic N) is 2. The number of hydrogen-bond donors (Lipinski definition) is 0. The molecule has 72 valence electrons. The molecule has 0 radical (unpaired) electrons. The summed E-state index contributed by atoms with van der Waals surface area (Å²) in [5.74, 6) is 1.49. The fourth-order valence-corrected chi connectivity index (χ4v) is 1.46. The number of fused-ring (bicyclic) bond motifs is 1. The van der Waals surface area contributed by atoms with Gasteiger partial charge in [-0.1, -0.05) is 12.1 Å². The molecule has 0 bridgehead atoms. The van der Waals surface area contributed by atoms with Crippen LogP contribution < -0.4 is 14.9 Å². The molecule has 1 aromatic heterocycles. The smallest absolute Gasteiger partial charge is 0.518 e. The Morgan fingerprint density at radius 3 is 2.27 bits per heavy atom. The normalized spacial score (nSPS) is 12.9. The summed E-state index contributed by atoms with van der Waals surface area (Å²) in [6.07, 6.45) is 1.62. The quantitative estimate of drug-likeness (QED) is 0.630. The Morgan fingerprint density at radius 1 is 0.933 bits per heavy atom. The van der Waals surface area contributed by atoms with Crippen molar-refractivity contribution in [2.45, 2.75) is 0 Å². The van der Waals surface area contributed by atoms with Crippen LogP contribution >= 0.6 is 0 Å². The van der Waals surface area contributed by atoms with Crippen LogP contribution in [0.5, 0.6) is 11.5 Å². The third kappa shape index (κ3) is 1.42. The number of para-hydroxylation sites is 2. The van der Waals surface area contributed by atoms with Crippen LogP contribution in [0.4, 0.5) is 0 Å².